The van der Waals surface area contributed by atoms with Gasteiger partial charge in [0.2, 0.25) is 5.91 Å². The molecule has 0 radical (unpaired) electrons. The van der Waals surface area contributed by atoms with Crippen molar-refractivity contribution in [3.63, 3.8) is 0 Å². The van der Waals surface area contributed by atoms with Crippen LogP contribution in [0.3, 0.4) is 0 Å². The molecule has 4 rings (SSSR count). The van der Waals surface area contributed by atoms with E-state index in [9.17, 15) is 9.59 Å². The van der Waals surface area contributed by atoms with E-state index in [2.05, 4.69) is 10.3 Å². The number of amides is 1. The molecular formula is C20H20ClN3O2S. The summed E-state index contributed by atoms with van der Waals surface area (Å²) in [4.78, 5) is 32.3. The van der Waals surface area contributed by atoms with Gasteiger partial charge in [0.15, 0.2) is 0 Å². The zero-order chi connectivity index (χ0) is 19.1. The van der Waals surface area contributed by atoms with Crippen molar-refractivity contribution >= 4 is 44.7 Å². The van der Waals surface area contributed by atoms with Crippen LogP contribution in [0.5, 0.6) is 0 Å². The second-order valence-corrected chi connectivity index (χ2v) is 8.47. The molecule has 1 aliphatic rings. The standard InChI is InChI=1S/C20H20ClN3O2S/c1-11-7-8-13(9-15(11)21)23-18(25)12(2)24-10-22-19-17(20(24)26)14-5-3-4-6-16(14)27-19/h7-10,12H,3-6H2,1-2H3,(H,23,25). The van der Waals surface area contributed by atoms with E-state index in [0.29, 0.717) is 16.1 Å². The molecule has 5 nitrogen and oxygen atoms in total. The van der Waals surface area contributed by atoms with E-state index in [4.69, 9.17) is 11.6 Å². The lowest BCUT2D eigenvalue weighted by atomic mass is 9.97. The number of nitrogens with zero attached hydrogens (tertiary/aromatic N) is 2. The highest BCUT2D eigenvalue weighted by Gasteiger charge is 2.23. The van der Waals surface area contributed by atoms with Crippen molar-refractivity contribution < 1.29 is 4.79 Å². The van der Waals surface area contributed by atoms with Crippen molar-refractivity contribution in [1.82, 2.24) is 9.55 Å². The van der Waals surface area contributed by atoms with Gasteiger partial charge in [-0.3, -0.25) is 14.2 Å². The Balaban J connectivity index is 1.66. The Hall–Kier alpha value is -2.18. The highest BCUT2D eigenvalue weighted by Crippen LogP contribution is 2.33. The number of halogens is 1. The molecule has 1 unspecified atom stereocenters. The second-order valence-electron chi connectivity index (χ2n) is 6.98. The van der Waals surface area contributed by atoms with Crippen molar-refractivity contribution in [2.75, 3.05) is 5.32 Å². The Morgan fingerprint density at radius 2 is 2.11 bits per heavy atom. The van der Waals surface area contributed by atoms with E-state index < -0.39 is 6.04 Å². The summed E-state index contributed by atoms with van der Waals surface area (Å²) < 4.78 is 1.43. The van der Waals surface area contributed by atoms with Crippen molar-refractivity contribution in [3.8, 4) is 0 Å². The molecule has 1 N–H and O–H groups in total. The first-order valence-electron chi connectivity index (χ1n) is 9.04. The van der Waals surface area contributed by atoms with E-state index in [-0.39, 0.29) is 11.5 Å². The summed E-state index contributed by atoms with van der Waals surface area (Å²) in [6, 6.07) is 4.68. The Labute approximate surface area is 166 Å². The number of benzene rings is 1. The molecule has 27 heavy (non-hydrogen) atoms. The largest absolute Gasteiger partial charge is 0.324 e. The zero-order valence-electron chi connectivity index (χ0n) is 15.2. The van der Waals surface area contributed by atoms with Crippen LogP contribution in [0.4, 0.5) is 5.69 Å². The Morgan fingerprint density at radius 3 is 2.89 bits per heavy atom. The number of hydrogen-bond acceptors (Lipinski definition) is 4. The fraction of sp³-hybridized carbons (Fsp3) is 0.350. The lowest BCUT2D eigenvalue weighted by molar-refractivity contribution is -0.118. The minimum absolute atomic E-state index is 0.135. The summed E-state index contributed by atoms with van der Waals surface area (Å²) in [6.45, 7) is 3.61. The first-order valence-corrected chi connectivity index (χ1v) is 10.2. The van der Waals surface area contributed by atoms with Crippen molar-refractivity contribution in [2.24, 2.45) is 0 Å². The van der Waals surface area contributed by atoms with E-state index in [1.807, 2.05) is 13.0 Å². The van der Waals surface area contributed by atoms with Gasteiger partial charge in [0, 0.05) is 15.6 Å². The number of aryl methyl sites for hydroxylation is 3. The van der Waals surface area contributed by atoms with Crippen LogP contribution in [-0.4, -0.2) is 15.5 Å². The fourth-order valence-electron chi connectivity index (χ4n) is 3.48. The topological polar surface area (TPSA) is 64.0 Å². The van der Waals surface area contributed by atoms with Gasteiger partial charge in [-0.2, -0.15) is 0 Å². The molecule has 3 aromatic rings. The van der Waals surface area contributed by atoms with Gasteiger partial charge in [0.25, 0.3) is 5.56 Å². The van der Waals surface area contributed by atoms with Crippen molar-refractivity contribution in [2.45, 2.75) is 45.6 Å². The summed E-state index contributed by atoms with van der Waals surface area (Å²) in [7, 11) is 0. The summed E-state index contributed by atoms with van der Waals surface area (Å²) in [5, 5.41) is 4.11. The molecule has 1 atom stereocenters. The second kappa shape index (κ2) is 7.09. The number of anilines is 1. The summed E-state index contributed by atoms with van der Waals surface area (Å²) in [6.07, 6.45) is 5.67. The van der Waals surface area contributed by atoms with E-state index in [1.165, 1.54) is 15.8 Å². The van der Waals surface area contributed by atoms with Gasteiger partial charge in [-0.1, -0.05) is 17.7 Å². The maximum Gasteiger partial charge on any atom is 0.263 e. The lowest BCUT2D eigenvalue weighted by Crippen LogP contribution is -2.32. The number of nitrogens with one attached hydrogen (secondary N) is 1. The van der Waals surface area contributed by atoms with Gasteiger partial charge >= 0.3 is 0 Å². The molecule has 0 saturated carbocycles. The van der Waals surface area contributed by atoms with Gasteiger partial charge in [-0.05, 0) is 62.8 Å². The molecular weight excluding hydrogens is 382 g/mol. The smallest absolute Gasteiger partial charge is 0.263 e. The van der Waals surface area contributed by atoms with Gasteiger partial charge in [-0.25, -0.2) is 4.98 Å². The number of carbonyl (C=O) groups is 1. The van der Waals surface area contributed by atoms with Crippen LogP contribution < -0.4 is 10.9 Å². The predicted octanol–water partition coefficient (Wildman–Crippen LogP) is 4.50. The normalized spacial score (nSPS) is 14.8. The SMILES string of the molecule is Cc1ccc(NC(=O)C(C)n2cnc3sc4c(c3c2=O)CCCC4)cc1Cl. The third-order valence-electron chi connectivity index (χ3n) is 5.14. The molecule has 2 aromatic heterocycles. The Morgan fingerprint density at radius 1 is 1.33 bits per heavy atom. The number of carbonyl (C=O) groups excluding carboxylic acids is 1. The molecule has 7 heteroatoms. The first-order chi connectivity index (χ1) is 13.0. The maximum absolute atomic E-state index is 13.1. The van der Waals surface area contributed by atoms with Crippen LogP contribution in [0.1, 0.15) is 41.8 Å². The van der Waals surface area contributed by atoms with E-state index >= 15 is 0 Å². The third kappa shape index (κ3) is 3.28. The molecule has 0 bridgehead atoms. The fourth-order valence-corrected chi connectivity index (χ4v) is 4.88. The average molecular weight is 402 g/mol. The van der Waals surface area contributed by atoms with Gasteiger partial charge in [0.1, 0.15) is 10.9 Å². The van der Waals surface area contributed by atoms with Crippen LogP contribution >= 0.6 is 22.9 Å². The quantitative estimate of drug-likeness (QED) is 0.702. The predicted molar refractivity (Wildman–Crippen MR) is 110 cm³/mol. The minimum Gasteiger partial charge on any atom is -0.324 e. The van der Waals surface area contributed by atoms with E-state index in [0.717, 1.165) is 41.6 Å². The molecule has 1 amide bonds. The molecule has 0 spiro atoms. The summed E-state index contributed by atoms with van der Waals surface area (Å²) in [5.74, 6) is -0.276. The summed E-state index contributed by atoms with van der Waals surface area (Å²) in [5.41, 5.74) is 2.54. The Kier molecular flexibility index (Phi) is 4.78. The van der Waals surface area contributed by atoms with Crippen LogP contribution in [0.15, 0.2) is 29.3 Å². The number of aromatic nitrogens is 2. The third-order valence-corrected chi connectivity index (χ3v) is 6.74. The molecule has 140 valence electrons. The maximum atomic E-state index is 13.1. The molecule has 0 aliphatic heterocycles. The molecule has 0 saturated heterocycles. The minimum atomic E-state index is -0.673. The van der Waals surface area contributed by atoms with Crippen molar-refractivity contribution in [3.05, 3.63) is 55.9 Å². The highest BCUT2D eigenvalue weighted by atomic mass is 35.5. The van der Waals surface area contributed by atoms with Crippen LogP contribution in [0.2, 0.25) is 5.02 Å². The first kappa shape index (κ1) is 18.2. The molecule has 1 aromatic carbocycles. The van der Waals surface area contributed by atoms with Gasteiger partial charge < -0.3 is 5.32 Å². The molecule has 1 aliphatic carbocycles. The highest BCUT2D eigenvalue weighted by molar-refractivity contribution is 7.18. The lowest BCUT2D eigenvalue weighted by Gasteiger charge is -2.16. The van der Waals surface area contributed by atoms with Crippen LogP contribution in [0.25, 0.3) is 10.2 Å². The number of hydrogen-bond donors (Lipinski definition) is 1. The van der Waals surface area contributed by atoms with E-state index in [1.54, 1.807) is 30.4 Å². The summed E-state index contributed by atoms with van der Waals surface area (Å²) >= 11 is 7.73. The van der Waals surface area contributed by atoms with Gasteiger partial charge in [-0.15, -0.1) is 11.3 Å². The number of rotatable bonds is 3. The van der Waals surface area contributed by atoms with Crippen LogP contribution in [0, 0.1) is 6.92 Å². The van der Waals surface area contributed by atoms with Crippen LogP contribution in [-0.2, 0) is 17.6 Å². The monoisotopic (exact) mass is 401 g/mol. The van der Waals surface area contributed by atoms with Crippen molar-refractivity contribution in [1.29, 1.82) is 0 Å². The Bertz CT molecular complexity index is 1100. The van der Waals surface area contributed by atoms with Gasteiger partial charge in [0.05, 0.1) is 11.7 Å². The molecule has 0 fully saturated rings. The number of fused-ring (bicyclic) bond motifs is 3. The molecule has 2 heterocycles. The zero-order valence-corrected chi connectivity index (χ0v) is 16.8. The number of thiophene rings is 1. The average Bonchev–Trinajstić information content (AvgIpc) is 3.04.